The van der Waals surface area contributed by atoms with Crippen LogP contribution >= 0.6 is 0 Å². The molecule has 2 fully saturated rings. The van der Waals surface area contributed by atoms with Crippen molar-refractivity contribution in [2.24, 2.45) is 17.1 Å². The van der Waals surface area contributed by atoms with Gasteiger partial charge in [0.05, 0.1) is 0 Å². The number of nitrogens with zero attached hydrogens (tertiary/aromatic N) is 1. The van der Waals surface area contributed by atoms with Crippen LogP contribution in [0.25, 0.3) is 0 Å². The summed E-state index contributed by atoms with van der Waals surface area (Å²) in [6, 6.07) is 0. The highest BCUT2D eigenvalue weighted by Crippen LogP contribution is 2.58. The third-order valence-corrected chi connectivity index (χ3v) is 4.78. The summed E-state index contributed by atoms with van der Waals surface area (Å²) in [5, 5.41) is 0. The van der Waals surface area contributed by atoms with Crippen LogP contribution < -0.4 is 5.73 Å². The van der Waals surface area contributed by atoms with Gasteiger partial charge in [0.1, 0.15) is 5.60 Å². The van der Waals surface area contributed by atoms with E-state index in [0.717, 1.165) is 44.8 Å². The molecule has 4 nitrogen and oxygen atoms in total. The Morgan fingerprint density at radius 1 is 1.30 bits per heavy atom. The van der Waals surface area contributed by atoms with Gasteiger partial charge in [-0.1, -0.05) is 0 Å². The van der Waals surface area contributed by atoms with Gasteiger partial charge in [0.15, 0.2) is 0 Å². The summed E-state index contributed by atoms with van der Waals surface area (Å²) in [6.07, 6.45) is 7.26. The second-order valence-electron chi connectivity index (χ2n) is 7.50. The second-order valence-corrected chi connectivity index (χ2v) is 7.50. The van der Waals surface area contributed by atoms with Gasteiger partial charge in [0.25, 0.3) is 0 Å². The fourth-order valence-corrected chi connectivity index (χ4v) is 3.48. The van der Waals surface area contributed by atoms with Gasteiger partial charge in [0.2, 0.25) is 0 Å². The van der Waals surface area contributed by atoms with E-state index in [0.29, 0.717) is 5.41 Å². The number of piperidine rings is 1. The Labute approximate surface area is 123 Å². The molecule has 0 bridgehead atoms. The molecule has 0 unspecified atom stereocenters. The van der Waals surface area contributed by atoms with Crippen LogP contribution in [0.3, 0.4) is 0 Å². The van der Waals surface area contributed by atoms with Gasteiger partial charge in [0, 0.05) is 13.1 Å². The standard InChI is InChI=1S/C16H30N2O2/c1-15(2,3)20-14(19)18-11-5-13(6-12-18)16(8-9-16)7-4-10-17/h13H,4-12,17H2,1-3H3. The lowest BCUT2D eigenvalue weighted by Gasteiger charge is -2.37. The molecule has 1 amide bonds. The summed E-state index contributed by atoms with van der Waals surface area (Å²) < 4.78 is 5.45. The van der Waals surface area contributed by atoms with Crippen LogP contribution in [0.5, 0.6) is 0 Å². The zero-order chi connectivity index (χ0) is 14.8. The molecule has 0 aromatic rings. The normalized spacial score (nSPS) is 22.7. The van der Waals surface area contributed by atoms with Crippen LogP contribution in [0.2, 0.25) is 0 Å². The zero-order valence-electron chi connectivity index (χ0n) is 13.3. The third kappa shape index (κ3) is 3.87. The molecular weight excluding hydrogens is 252 g/mol. The predicted octanol–water partition coefficient (Wildman–Crippen LogP) is 3.15. The topological polar surface area (TPSA) is 55.6 Å². The summed E-state index contributed by atoms with van der Waals surface area (Å²) in [7, 11) is 0. The average Bonchev–Trinajstić information content (AvgIpc) is 3.16. The van der Waals surface area contributed by atoms with Crippen LogP contribution in [-0.2, 0) is 4.74 Å². The number of carbonyl (C=O) groups is 1. The molecule has 0 aromatic carbocycles. The van der Waals surface area contributed by atoms with Crippen molar-refractivity contribution in [3.05, 3.63) is 0 Å². The minimum atomic E-state index is -0.396. The molecule has 1 saturated carbocycles. The monoisotopic (exact) mass is 282 g/mol. The van der Waals surface area contributed by atoms with Crippen LogP contribution in [-0.4, -0.2) is 36.2 Å². The van der Waals surface area contributed by atoms with Crippen LogP contribution in [0.4, 0.5) is 4.79 Å². The minimum absolute atomic E-state index is 0.150. The Morgan fingerprint density at radius 3 is 2.35 bits per heavy atom. The first-order valence-corrected chi connectivity index (χ1v) is 8.04. The molecule has 4 heteroatoms. The summed E-state index contributed by atoms with van der Waals surface area (Å²) in [5.41, 5.74) is 5.82. The van der Waals surface area contributed by atoms with E-state index in [4.69, 9.17) is 10.5 Å². The highest BCUT2D eigenvalue weighted by atomic mass is 16.6. The number of ether oxygens (including phenoxy) is 1. The molecule has 1 aliphatic heterocycles. The Kier molecular flexibility index (Phi) is 4.62. The van der Waals surface area contributed by atoms with Gasteiger partial charge in [-0.15, -0.1) is 0 Å². The van der Waals surface area contributed by atoms with Crippen molar-refractivity contribution in [2.45, 2.75) is 64.9 Å². The number of hydrogen-bond donors (Lipinski definition) is 1. The summed E-state index contributed by atoms with van der Waals surface area (Å²) in [4.78, 5) is 13.9. The highest BCUT2D eigenvalue weighted by molar-refractivity contribution is 5.68. The maximum atomic E-state index is 12.0. The summed E-state index contributed by atoms with van der Waals surface area (Å²) in [5.74, 6) is 0.785. The van der Waals surface area contributed by atoms with Crippen molar-refractivity contribution in [1.82, 2.24) is 4.90 Å². The van der Waals surface area contributed by atoms with Gasteiger partial charge in [-0.2, -0.15) is 0 Å². The lowest BCUT2D eigenvalue weighted by Crippen LogP contribution is -2.43. The largest absolute Gasteiger partial charge is 0.444 e. The molecule has 1 heterocycles. The quantitative estimate of drug-likeness (QED) is 0.861. The number of amides is 1. The Bertz CT molecular complexity index is 337. The van der Waals surface area contributed by atoms with E-state index in [1.165, 1.54) is 19.3 Å². The molecule has 1 saturated heterocycles. The molecule has 20 heavy (non-hydrogen) atoms. The molecule has 0 aromatic heterocycles. The molecule has 2 rings (SSSR count). The first-order chi connectivity index (χ1) is 9.36. The summed E-state index contributed by atoms with van der Waals surface area (Å²) >= 11 is 0. The van der Waals surface area contributed by atoms with E-state index in [9.17, 15) is 4.79 Å². The smallest absolute Gasteiger partial charge is 0.410 e. The van der Waals surface area contributed by atoms with Crippen molar-refractivity contribution in [3.63, 3.8) is 0 Å². The minimum Gasteiger partial charge on any atom is -0.444 e. The van der Waals surface area contributed by atoms with E-state index < -0.39 is 5.60 Å². The lowest BCUT2D eigenvalue weighted by atomic mass is 9.79. The maximum Gasteiger partial charge on any atom is 0.410 e. The average molecular weight is 282 g/mol. The first-order valence-electron chi connectivity index (χ1n) is 8.04. The maximum absolute atomic E-state index is 12.0. The predicted molar refractivity (Wildman–Crippen MR) is 80.5 cm³/mol. The van der Waals surface area contributed by atoms with Gasteiger partial charge >= 0.3 is 6.09 Å². The second kappa shape index (κ2) is 5.92. The Balaban J connectivity index is 1.79. The van der Waals surface area contributed by atoms with E-state index in [2.05, 4.69) is 0 Å². The van der Waals surface area contributed by atoms with Crippen molar-refractivity contribution in [3.8, 4) is 0 Å². The van der Waals surface area contributed by atoms with E-state index >= 15 is 0 Å². The van der Waals surface area contributed by atoms with Gasteiger partial charge in [-0.3, -0.25) is 0 Å². The molecule has 0 radical (unpaired) electrons. The lowest BCUT2D eigenvalue weighted by molar-refractivity contribution is 0.0146. The van der Waals surface area contributed by atoms with Gasteiger partial charge in [-0.25, -0.2) is 4.79 Å². The van der Waals surface area contributed by atoms with Crippen LogP contribution in [0.15, 0.2) is 0 Å². The van der Waals surface area contributed by atoms with E-state index in [1.807, 2.05) is 25.7 Å². The molecule has 116 valence electrons. The van der Waals surface area contributed by atoms with Crippen molar-refractivity contribution in [2.75, 3.05) is 19.6 Å². The molecular formula is C16H30N2O2. The van der Waals surface area contributed by atoms with Gasteiger partial charge < -0.3 is 15.4 Å². The number of carbonyl (C=O) groups excluding carboxylic acids is 1. The van der Waals surface area contributed by atoms with Crippen molar-refractivity contribution in [1.29, 1.82) is 0 Å². The fraction of sp³-hybridized carbons (Fsp3) is 0.938. The molecule has 0 spiro atoms. The number of hydrogen-bond acceptors (Lipinski definition) is 3. The number of nitrogens with two attached hydrogens (primary N) is 1. The molecule has 2 aliphatic rings. The van der Waals surface area contributed by atoms with Crippen LogP contribution in [0, 0.1) is 11.3 Å². The zero-order valence-corrected chi connectivity index (χ0v) is 13.3. The van der Waals surface area contributed by atoms with Crippen molar-refractivity contribution >= 4 is 6.09 Å². The SMILES string of the molecule is CC(C)(C)OC(=O)N1CCC(C2(CCCN)CC2)CC1. The molecule has 0 atom stereocenters. The van der Waals surface area contributed by atoms with E-state index in [1.54, 1.807) is 0 Å². The molecule has 1 aliphatic carbocycles. The summed E-state index contributed by atoms with van der Waals surface area (Å²) in [6.45, 7) is 8.27. The first kappa shape index (κ1) is 15.6. The van der Waals surface area contributed by atoms with E-state index in [-0.39, 0.29) is 6.09 Å². The molecule has 2 N–H and O–H groups in total. The van der Waals surface area contributed by atoms with Gasteiger partial charge in [-0.05, 0) is 77.2 Å². The Hall–Kier alpha value is -0.770. The Morgan fingerprint density at radius 2 is 1.90 bits per heavy atom. The number of likely N-dealkylation sites (tertiary alicyclic amines) is 1. The fourth-order valence-electron chi connectivity index (χ4n) is 3.48. The third-order valence-electron chi connectivity index (χ3n) is 4.78. The van der Waals surface area contributed by atoms with Crippen molar-refractivity contribution < 1.29 is 9.53 Å². The number of rotatable bonds is 4. The highest BCUT2D eigenvalue weighted by Gasteiger charge is 2.49. The van der Waals surface area contributed by atoms with Crippen LogP contribution in [0.1, 0.15) is 59.3 Å².